The summed E-state index contributed by atoms with van der Waals surface area (Å²) in [7, 11) is 0. The van der Waals surface area contributed by atoms with Crippen molar-refractivity contribution in [2.24, 2.45) is 0 Å². The van der Waals surface area contributed by atoms with Crippen LogP contribution in [-0.2, 0) is 9.59 Å². The Hall–Kier alpha value is -2.17. The molecule has 0 aromatic heterocycles. The maximum Gasteiger partial charge on any atom is 0.222 e. The highest BCUT2D eigenvalue weighted by Gasteiger charge is 2.16. The van der Waals surface area contributed by atoms with Crippen molar-refractivity contribution in [2.75, 3.05) is 19.6 Å². The Kier molecular flexibility index (Phi) is 7.82. The Bertz CT molecular complexity index is 655. The zero-order chi connectivity index (χ0) is 18.9. The molecule has 1 aliphatic heterocycles. The van der Waals surface area contributed by atoms with E-state index in [9.17, 15) is 14.4 Å². The van der Waals surface area contributed by atoms with E-state index in [1.807, 2.05) is 36.9 Å². The number of ketones is 1. The first-order chi connectivity index (χ1) is 12.5. The van der Waals surface area contributed by atoms with E-state index < -0.39 is 0 Å². The van der Waals surface area contributed by atoms with Gasteiger partial charge in [-0.15, -0.1) is 0 Å². The van der Waals surface area contributed by atoms with Crippen molar-refractivity contribution >= 4 is 17.6 Å². The molecule has 2 amide bonds. The van der Waals surface area contributed by atoms with E-state index in [-0.39, 0.29) is 30.4 Å². The van der Waals surface area contributed by atoms with E-state index in [2.05, 4.69) is 5.32 Å². The first-order valence-corrected chi connectivity index (χ1v) is 9.62. The summed E-state index contributed by atoms with van der Waals surface area (Å²) in [6.45, 7) is 5.94. The van der Waals surface area contributed by atoms with Gasteiger partial charge in [-0.2, -0.15) is 0 Å². The number of carbonyl (C=O) groups is 3. The molecular weight excluding hydrogens is 328 g/mol. The molecule has 0 aliphatic carbocycles. The second-order valence-corrected chi connectivity index (χ2v) is 7.14. The predicted molar refractivity (Wildman–Crippen MR) is 102 cm³/mol. The largest absolute Gasteiger partial charge is 0.356 e. The molecule has 1 aromatic carbocycles. The second kappa shape index (κ2) is 10.1. The number of hydrogen-bond acceptors (Lipinski definition) is 3. The fraction of sp³-hybridized carbons (Fsp3) is 0.571. The van der Waals surface area contributed by atoms with E-state index in [1.54, 1.807) is 0 Å². The third kappa shape index (κ3) is 6.28. The molecule has 26 heavy (non-hydrogen) atoms. The van der Waals surface area contributed by atoms with E-state index in [1.165, 1.54) is 0 Å². The number of carbonyl (C=O) groups excluding carboxylic acids is 3. The molecule has 5 heteroatoms. The maximum atomic E-state index is 12.3. The maximum absolute atomic E-state index is 12.3. The predicted octanol–water partition coefficient (Wildman–Crippen LogP) is 3.18. The fourth-order valence-corrected chi connectivity index (χ4v) is 3.26. The lowest BCUT2D eigenvalue weighted by Crippen LogP contribution is -2.34. The molecule has 1 fully saturated rings. The first kappa shape index (κ1) is 20.1. The second-order valence-electron chi connectivity index (χ2n) is 7.14. The fourth-order valence-electron chi connectivity index (χ4n) is 3.26. The molecule has 1 aromatic rings. The molecule has 1 saturated heterocycles. The van der Waals surface area contributed by atoms with Crippen LogP contribution in [0, 0.1) is 13.8 Å². The summed E-state index contributed by atoms with van der Waals surface area (Å²) in [6.07, 6.45) is 5.00. The van der Waals surface area contributed by atoms with Gasteiger partial charge in [0, 0.05) is 44.5 Å². The highest BCUT2D eigenvalue weighted by molar-refractivity contribution is 5.99. The Morgan fingerprint density at radius 3 is 2.73 bits per heavy atom. The van der Waals surface area contributed by atoms with Crippen LogP contribution in [0.5, 0.6) is 0 Å². The SMILES string of the molecule is Cc1ccc(C)c(C(=O)CCC(=O)NCCCN2CCCCCC2=O)c1. The summed E-state index contributed by atoms with van der Waals surface area (Å²) in [5.41, 5.74) is 2.70. The van der Waals surface area contributed by atoms with Crippen LogP contribution in [0.2, 0.25) is 0 Å². The van der Waals surface area contributed by atoms with Crippen LogP contribution in [0.15, 0.2) is 18.2 Å². The third-order valence-electron chi connectivity index (χ3n) is 4.87. The number of benzene rings is 1. The van der Waals surface area contributed by atoms with Gasteiger partial charge in [0.25, 0.3) is 0 Å². The number of amides is 2. The topological polar surface area (TPSA) is 66.5 Å². The van der Waals surface area contributed by atoms with Gasteiger partial charge in [-0.3, -0.25) is 14.4 Å². The third-order valence-corrected chi connectivity index (χ3v) is 4.87. The van der Waals surface area contributed by atoms with E-state index in [4.69, 9.17) is 0 Å². The van der Waals surface area contributed by atoms with Gasteiger partial charge in [0.2, 0.25) is 11.8 Å². The number of nitrogens with one attached hydrogen (secondary N) is 1. The number of nitrogens with zero attached hydrogens (tertiary/aromatic N) is 1. The molecule has 1 N–H and O–H groups in total. The quantitative estimate of drug-likeness (QED) is 0.573. The average molecular weight is 358 g/mol. The van der Waals surface area contributed by atoms with Crippen LogP contribution in [0.3, 0.4) is 0 Å². The van der Waals surface area contributed by atoms with Crippen LogP contribution < -0.4 is 5.32 Å². The lowest BCUT2D eigenvalue weighted by Gasteiger charge is -2.20. The standard InChI is InChI=1S/C21H30N2O3/c1-16-8-9-17(2)18(15-16)19(24)10-11-20(25)22-12-6-14-23-13-5-3-4-7-21(23)26/h8-9,15H,3-7,10-14H2,1-2H3,(H,22,25). The Labute approximate surface area is 156 Å². The minimum atomic E-state index is -0.106. The van der Waals surface area contributed by atoms with Crippen molar-refractivity contribution in [3.05, 3.63) is 34.9 Å². The van der Waals surface area contributed by atoms with Gasteiger partial charge in [0.1, 0.15) is 0 Å². The number of rotatable bonds is 8. The molecule has 0 saturated carbocycles. The summed E-state index contributed by atoms with van der Waals surface area (Å²) >= 11 is 0. The van der Waals surface area contributed by atoms with Crippen molar-refractivity contribution in [2.45, 2.75) is 58.8 Å². The number of likely N-dealkylation sites (tertiary alicyclic amines) is 1. The molecule has 0 bridgehead atoms. The summed E-state index contributed by atoms with van der Waals surface area (Å²) in [5.74, 6) is 0.135. The van der Waals surface area contributed by atoms with Crippen LogP contribution in [0.1, 0.15) is 66.4 Å². The number of Topliss-reactive ketones (excluding diaryl/α,β-unsaturated/α-hetero) is 1. The van der Waals surface area contributed by atoms with Gasteiger partial charge in [0.15, 0.2) is 5.78 Å². The average Bonchev–Trinajstić information content (AvgIpc) is 2.83. The van der Waals surface area contributed by atoms with Gasteiger partial charge in [-0.25, -0.2) is 0 Å². The normalized spacial score (nSPS) is 14.8. The lowest BCUT2D eigenvalue weighted by atomic mass is 9.99. The van der Waals surface area contributed by atoms with Gasteiger partial charge >= 0.3 is 0 Å². The van der Waals surface area contributed by atoms with Gasteiger partial charge in [-0.1, -0.05) is 24.1 Å². The highest BCUT2D eigenvalue weighted by Crippen LogP contribution is 2.14. The minimum absolute atomic E-state index is 0.0107. The summed E-state index contributed by atoms with van der Waals surface area (Å²) in [6, 6.07) is 5.80. The number of aryl methyl sites for hydroxylation is 2. The van der Waals surface area contributed by atoms with Gasteiger partial charge < -0.3 is 10.2 Å². The Morgan fingerprint density at radius 1 is 1.12 bits per heavy atom. The molecule has 0 atom stereocenters. The van der Waals surface area contributed by atoms with Crippen molar-refractivity contribution in [1.82, 2.24) is 10.2 Å². The van der Waals surface area contributed by atoms with Gasteiger partial charge in [-0.05, 0) is 44.7 Å². The van der Waals surface area contributed by atoms with Crippen LogP contribution in [0.25, 0.3) is 0 Å². The molecular formula is C21H30N2O3. The minimum Gasteiger partial charge on any atom is -0.356 e. The summed E-state index contributed by atoms with van der Waals surface area (Å²) < 4.78 is 0. The first-order valence-electron chi connectivity index (χ1n) is 9.62. The van der Waals surface area contributed by atoms with Crippen molar-refractivity contribution in [3.8, 4) is 0 Å². The monoisotopic (exact) mass is 358 g/mol. The summed E-state index contributed by atoms with van der Waals surface area (Å²) in [5, 5.41) is 2.86. The highest BCUT2D eigenvalue weighted by atomic mass is 16.2. The van der Waals surface area contributed by atoms with E-state index in [0.717, 1.165) is 43.4 Å². The molecule has 0 spiro atoms. The van der Waals surface area contributed by atoms with E-state index >= 15 is 0 Å². The molecule has 0 unspecified atom stereocenters. The molecule has 5 nitrogen and oxygen atoms in total. The van der Waals surface area contributed by atoms with Gasteiger partial charge in [0.05, 0.1) is 0 Å². The molecule has 0 radical (unpaired) electrons. The van der Waals surface area contributed by atoms with E-state index in [0.29, 0.717) is 25.1 Å². The van der Waals surface area contributed by atoms with Crippen LogP contribution in [-0.4, -0.2) is 42.1 Å². The summed E-state index contributed by atoms with van der Waals surface area (Å²) in [4.78, 5) is 38.1. The molecule has 2 rings (SSSR count). The molecule has 1 heterocycles. The Morgan fingerprint density at radius 2 is 1.92 bits per heavy atom. The lowest BCUT2D eigenvalue weighted by molar-refractivity contribution is -0.130. The number of hydrogen-bond donors (Lipinski definition) is 1. The van der Waals surface area contributed by atoms with Crippen molar-refractivity contribution < 1.29 is 14.4 Å². The van der Waals surface area contributed by atoms with Crippen molar-refractivity contribution in [3.63, 3.8) is 0 Å². The zero-order valence-corrected chi connectivity index (χ0v) is 16.0. The smallest absolute Gasteiger partial charge is 0.222 e. The van der Waals surface area contributed by atoms with Crippen LogP contribution in [0.4, 0.5) is 0 Å². The van der Waals surface area contributed by atoms with Crippen molar-refractivity contribution in [1.29, 1.82) is 0 Å². The Balaban J connectivity index is 1.66. The zero-order valence-electron chi connectivity index (χ0n) is 16.0. The molecule has 142 valence electrons. The molecule has 1 aliphatic rings. The van der Waals surface area contributed by atoms with Crippen LogP contribution >= 0.6 is 0 Å².